The Balaban J connectivity index is 2.05. The Morgan fingerprint density at radius 2 is 2.05 bits per heavy atom. The van der Waals surface area contributed by atoms with Crippen LogP contribution in [0.2, 0.25) is 0 Å². The lowest BCUT2D eigenvalue weighted by molar-refractivity contribution is -0.387. The van der Waals surface area contributed by atoms with Crippen LogP contribution in [0, 0.1) is 15.9 Å². The number of nitrogens with zero attached hydrogens (tertiary/aromatic N) is 1. The van der Waals surface area contributed by atoms with E-state index < -0.39 is 16.4 Å². The van der Waals surface area contributed by atoms with Gasteiger partial charge in [-0.1, -0.05) is 40.2 Å². The Kier molecular flexibility index (Phi) is 5.03. The van der Waals surface area contributed by atoms with Crippen LogP contribution in [0.3, 0.4) is 0 Å². The number of hydrogen-bond acceptors (Lipinski definition) is 3. The molecule has 0 unspecified atom stereocenters. The van der Waals surface area contributed by atoms with Gasteiger partial charge in [0.1, 0.15) is 0 Å². The first-order chi connectivity index (χ1) is 9.99. The summed E-state index contributed by atoms with van der Waals surface area (Å²) in [4.78, 5) is 9.84. The van der Waals surface area contributed by atoms with Gasteiger partial charge in [0, 0.05) is 23.1 Å². The summed E-state index contributed by atoms with van der Waals surface area (Å²) in [6.07, 6.45) is 0. The monoisotopic (exact) mass is 352 g/mol. The third-order valence-electron chi connectivity index (χ3n) is 3.19. The molecule has 6 heteroatoms. The van der Waals surface area contributed by atoms with E-state index in [9.17, 15) is 14.5 Å². The normalized spacial score (nSPS) is 12.1. The van der Waals surface area contributed by atoms with Crippen LogP contribution in [0.1, 0.15) is 24.1 Å². The molecular formula is C15H14BrFN2O2. The van der Waals surface area contributed by atoms with E-state index in [1.54, 1.807) is 6.07 Å². The molecule has 0 bridgehead atoms. The van der Waals surface area contributed by atoms with Gasteiger partial charge in [-0.3, -0.25) is 10.1 Å². The molecule has 0 aromatic heterocycles. The smallest absolute Gasteiger partial charge is 0.304 e. The van der Waals surface area contributed by atoms with E-state index in [2.05, 4.69) is 21.2 Å². The van der Waals surface area contributed by atoms with Crippen molar-refractivity contribution >= 4 is 21.6 Å². The lowest BCUT2D eigenvalue weighted by Gasteiger charge is -2.15. The van der Waals surface area contributed by atoms with Gasteiger partial charge in [0.2, 0.25) is 5.82 Å². The SMILES string of the molecule is C[C@@H](NCc1ccc([N+](=O)[O-])c(F)c1)c1ccccc1Br. The van der Waals surface area contributed by atoms with Crippen molar-refractivity contribution < 1.29 is 9.31 Å². The summed E-state index contributed by atoms with van der Waals surface area (Å²) in [5.74, 6) is -0.812. The molecule has 0 saturated carbocycles. The number of nitro benzene ring substituents is 1. The van der Waals surface area contributed by atoms with E-state index in [4.69, 9.17) is 0 Å². The maximum atomic E-state index is 13.5. The lowest BCUT2D eigenvalue weighted by Crippen LogP contribution is -2.18. The fourth-order valence-corrected chi connectivity index (χ4v) is 2.64. The van der Waals surface area contributed by atoms with E-state index in [0.717, 1.165) is 10.0 Å². The first kappa shape index (κ1) is 15.6. The first-order valence-corrected chi connectivity index (χ1v) is 7.19. The second kappa shape index (κ2) is 6.78. The van der Waals surface area contributed by atoms with Crippen molar-refractivity contribution in [3.63, 3.8) is 0 Å². The molecule has 2 aromatic carbocycles. The maximum Gasteiger partial charge on any atom is 0.304 e. The number of nitrogens with one attached hydrogen (secondary N) is 1. The molecule has 0 radical (unpaired) electrons. The predicted molar refractivity (Wildman–Crippen MR) is 82.5 cm³/mol. The molecule has 0 fully saturated rings. The van der Waals surface area contributed by atoms with Crippen molar-refractivity contribution in [3.05, 3.63) is 74.0 Å². The van der Waals surface area contributed by atoms with Gasteiger partial charge in [0.05, 0.1) is 4.92 Å². The highest BCUT2D eigenvalue weighted by molar-refractivity contribution is 9.10. The van der Waals surface area contributed by atoms with Crippen LogP contribution in [0.5, 0.6) is 0 Å². The first-order valence-electron chi connectivity index (χ1n) is 6.39. The Bertz CT molecular complexity index is 664. The van der Waals surface area contributed by atoms with Crippen LogP contribution in [0.4, 0.5) is 10.1 Å². The standard InChI is InChI=1S/C15H14BrFN2O2/c1-10(12-4-2-3-5-13(12)16)18-9-11-6-7-15(19(20)21)14(17)8-11/h2-8,10,18H,9H2,1H3/t10-/m1/s1. The topological polar surface area (TPSA) is 55.2 Å². The van der Waals surface area contributed by atoms with Crippen LogP contribution in [0.15, 0.2) is 46.9 Å². The molecule has 21 heavy (non-hydrogen) atoms. The molecule has 0 saturated heterocycles. The average Bonchev–Trinajstić information content (AvgIpc) is 2.45. The summed E-state index contributed by atoms with van der Waals surface area (Å²) in [5, 5.41) is 13.8. The molecule has 0 aliphatic rings. The number of halogens is 2. The predicted octanol–water partition coefficient (Wildman–Crippen LogP) is 4.35. The molecule has 2 aromatic rings. The molecule has 0 aliphatic carbocycles. The minimum Gasteiger partial charge on any atom is -0.306 e. The maximum absolute atomic E-state index is 13.5. The van der Waals surface area contributed by atoms with Crippen molar-refractivity contribution in [3.8, 4) is 0 Å². The zero-order chi connectivity index (χ0) is 15.4. The van der Waals surface area contributed by atoms with Gasteiger partial charge in [-0.15, -0.1) is 0 Å². The molecule has 2 rings (SSSR count). The van der Waals surface area contributed by atoms with E-state index >= 15 is 0 Å². The Morgan fingerprint density at radius 3 is 2.67 bits per heavy atom. The van der Waals surface area contributed by atoms with Gasteiger partial charge in [-0.05, 0) is 30.2 Å². The summed E-state index contributed by atoms with van der Waals surface area (Å²) < 4.78 is 14.5. The largest absolute Gasteiger partial charge is 0.306 e. The molecule has 1 atom stereocenters. The van der Waals surface area contributed by atoms with E-state index in [1.165, 1.54) is 12.1 Å². The summed E-state index contributed by atoms with van der Waals surface area (Å²) in [5.41, 5.74) is 1.26. The van der Waals surface area contributed by atoms with E-state index in [0.29, 0.717) is 12.1 Å². The molecule has 0 spiro atoms. The second-order valence-electron chi connectivity index (χ2n) is 4.67. The van der Waals surface area contributed by atoms with Crippen molar-refractivity contribution in [2.24, 2.45) is 0 Å². The summed E-state index contributed by atoms with van der Waals surface area (Å²) >= 11 is 3.49. The van der Waals surface area contributed by atoms with Crippen LogP contribution < -0.4 is 5.32 Å². The molecule has 0 heterocycles. The number of benzene rings is 2. The zero-order valence-electron chi connectivity index (χ0n) is 11.3. The minimum absolute atomic E-state index is 0.0684. The minimum atomic E-state index is -0.812. The van der Waals surface area contributed by atoms with Crippen molar-refractivity contribution in [1.82, 2.24) is 5.32 Å². The molecular weight excluding hydrogens is 339 g/mol. The Morgan fingerprint density at radius 1 is 1.33 bits per heavy atom. The Hall–Kier alpha value is -1.79. The van der Waals surface area contributed by atoms with Crippen LogP contribution >= 0.6 is 15.9 Å². The molecule has 110 valence electrons. The van der Waals surface area contributed by atoms with Crippen LogP contribution in [0.25, 0.3) is 0 Å². The fraction of sp³-hybridized carbons (Fsp3) is 0.200. The van der Waals surface area contributed by atoms with Gasteiger partial charge in [-0.25, -0.2) is 0 Å². The number of hydrogen-bond donors (Lipinski definition) is 1. The van der Waals surface area contributed by atoms with E-state index in [1.807, 2.05) is 31.2 Å². The third-order valence-corrected chi connectivity index (χ3v) is 3.92. The summed E-state index contributed by atoms with van der Waals surface area (Å²) in [6, 6.07) is 11.8. The van der Waals surface area contributed by atoms with Gasteiger partial charge < -0.3 is 5.32 Å². The van der Waals surface area contributed by atoms with Crippen LogP contribution in [-0.2, 0) is 6.54 Å². The molecule has 4 nitrogen and oxygen atoms in total. The van der Waals surface area contributed by atoms with E-state index in [-0.39, 0.29) is 6.04 Å². The molecule has 0 aliphatic heterocycles. The highest BCUT2D eigenvalue weighted by atomic mass is 79.9. The highest BCUT2D eigenvalue weighted by Crippen LogP contribution is 2.23. The van der Waals surface area contributed by atoms with Crippen molar-refractivity contribution in [2.75, 3.05) is 0 Å². The van der Waals surface area contributed by atoms with Crippen molar-refractivity contribution in [1.29, 1.82) is 0 Å². The quantitative estimate of drug-likeness (QED) is 0.642. The summed E-state index contributed by atoms with van der Waals surface area (Å²) in [6.45, 7) is 2.43. The highest BCUT2D eigenvalue weighted by Gasteiger charge is 2.14. The van der Waals surface area contributed by atoms with Gasteiger partial charge in [0.25, 0.3) is 0 Å². The number of nitro groups is 1. The van der Waals surface area contributed by atoms with Gasteiger partial charge in [-0.2, -0.15) is 4.39 Å². The zero-order valence-corrected chi connectivity index (χ0v) is 12.9. The van der Waals surface area contributed by atoms with Gasteiger partial charge >= 0.3 is 5.69 Å². The molecule has 1 N–H and O–H groups in total. The Labute approximate surface area is 130 Å². The number of rotatable bonds is 5. The second-order valence-corrected chi connectivity index (χ2v) is 5.52. The average molecular weight is 353 g/mol. The molecule has 0 amide bonds. The summed E-state index contributed by atoms with van der Waals surface area (Å²) in [7, 11) is 0. The third kappa shape index (κ3) is 3.86. The van der Waals surface area contributed by atoms with Gasteiger partial charge in [0.15, 0.2) is 0 Å². The van der Waals surface area contributed by atoms with Crippen molar-refractivity contribution in [2.45, 2.75) is 19.5 Å². The fourth-order valence-electron chi connectivity index (χ4n) is 2.02. The van der Waals surface area contributed by atoms with Crippen LogP contribution in [-0.4, -0.2) is 4.92 Å². The lowest BCUT2D eigenvalue weighted by atomic mass is 10.1.